The summed E-state index contributed by atoms with van der Waals surface area (Å²) in [5.41, 5.74) is 0. The average molecular weight is 255 g/mol. The molecule has 2 fully saturated rings. The van der Waals surface area contributed by atoms with Gasteiger partial charge in [0.1, 0.15) is 11.8 Å². The fraction of sp³-hybridized carbons (Fsp3) is 0.750. The second kappa shape index (κ2) is 4.96. The molecule has 1 aliphatic carbocycles. The first-order valence-electron chi connectivity index (χ1n) is 6.12. The number of carbonyl (C=O) groups excluding carboxylic acids is 2. The predicted octanol–water partition coefficient (Wildman–Crippen LogP) is 0.897. The van der Waals surface area contributed by atoms with Crippen LogP contribution in [0.4, 0.5) is 4.79 Å². The van der Waals surface area contributed by atoms with Gasteiger partial charge in [-0.15, -0.1) is 0 Å². The lowest BCUT2D eigenvalue weighted by Crippen LogP contribution is -2.54. The topological polar surface area (TPSA) is 83.9 Å². The van der Waals surface area contributed by atoms with Crippen molar-refractivity contribution in [2.45, 2.75) is 31.7 Å². The van der Waals surface area contributed by atoms with E-state index in [0.29, 0.717) is 25.8 Å². The normalized spacial score (nSPS) is 31.7. The van der Waals surface area contributed by atoms with E-state index in [2.05, 4.69) is 4.74 Å². The van der Waals surface area contributed by atoms with Crippen molar-refractivity contribution in [2.75, 3.05) is 13.7 Å². The highest BCUT2D eigenvalue weighted by Gasteiger charge is 2.43. The molecule has 0 unspecified atom stereocenters. The number of carboxylic acids is 1. The lowest BCUT2D eigenvalue weighted by atomic mass is 9.72. The van der Waals surface area contributed by atoms with Crippen LogP contribution in [0.5, 0.6) is 0 Å². The second-order valence-corrected chi connectivity index (χ2v) is 5.01. The third-order valence-corrected chi connectivity index (χ3v) is 3.98. The number of likely N-dealkylation sites (tertiary alicyclic amines) is 1. The molecule has 0 bridgehead atoms. The fourth-order valence-electron chi connectivity index (χ4n) is 3.01. The molecule has 6 heteroatoms. The maximum atomic E-state index is 11.6. The Morgan fingerprint density at radius 2 is 2.11 bits per heavy atom. The van der Waals surface area contributed by atoms with Crippen LogP contribution in [0, 0.1) is 11.8 Å². The molecule has 1 aliphatic heterocycles. The van der Waals surface area contributed by atoms with Crippen LogP contribution < -0.4 is 0 Å². The second-order valence-electron chi connectivity index (χ2n) is 5.01. The number of hydrogen-bond acceptors (Lipinski definition) is 4. The molecular formula is C12H17NO5. The molecule has 6 nitrogen and oxygen atoms in total. The Morgan fingerprint density at radius 3 is 2.72 bits per heavy atom. The highest BCUT2D eigenvalue weighted by Crippen LogP contribution is 2.37. The smallest absolute Gasteiger partial charge is 0.410 e. The molecule has 2 aliphatic rings. The maximum absolute atomic E-state index is 11.6. The highest BCUT2D eigenvalue weighted by molar-refractivity contribution is 5.82. The molecule has 1 N–H and O–H groups in total. The van der Waals surface area contributed by atoms with Crippen molar-refractivity contribution >= 4 is 17.8 Å². The van der Waals surface area contributed by atoms with Crippen LogP contribution in [0.2, 0.25) is 0 Å². The summed E-state index contributed by atoms with van der Waals surface area (Å²) in [6.07, 6.45) is 1.47. The summed E-state index contributed by atoms with van der Waals surface area (Å²) in [5.74, 6) is -0.519. The summed E-state index contributed by atoms with van der Waals surface area (Å²) < 4.78 is 4.63. The molecule has 100 valence electrons. The molecule has 1 saturated heterocycles. The lowest BCUT2D eigenvalue weighted by Gasteiger charge is -2.43. The number of fused-ring (bicyclic) bond motifs is 1. The molecule has 0 aromatic rings. The predicted molar refractivity (Wildman–Crippen MR) is 61.0 cm³/mol. The SMILES string of the molecule is COC(=O)N1C[C@@H]2CCC(=O)C[C@@H]2C[C@@H]1C(=O)O. The van der Waals surface area contributed by atoms with Crippen LogP contribution in [0.25, 0.3) is 0 Å². The Labute approximate surface area is 105 Å². The van der Waals surface area contributed by atoms with Gasteiger partial charge in [0.15, 0.2) is 0 Å². The van der Waals surface area contributed by atoms with Gasteiger partial charge in [-0.2, -0.15) is 0 Å². The van der Waals surface area contributed by atoms with Crippen molar-refractivity contribution in [3.05, 3.63) is 0 Å². The number of nitrogens with zero attached hydrogens (tertiary/aromatic N) is 1. The zero-order chi connectivity index (χ0) is 13.3. The van der Waals surface area contributed by atoms with Gasteiger partial charge in [0.2, 0.25) is 0 Å². The standard InChI is InChI=1S/C12H17NO5/c1-18-12(17)13-6-7-2-3-9(14)4-8(7)5-10(13)11(15)16/h7-8,10H,2-6H2,1H3,(H,15,16)/t7-,8+,10+/m0/s1. The minimum atomic E-state index is -1.03. The Morgan fingerprint density at radius 1 is 1.39 bits per heavy atom. The van der Waals surface area contributed by atoms with E-state index in [0.717, 1.165) is 6.42 Å². The van der Waals surface area contributed by atoms with Crippen LogP contribution in [-0.2, 0) is 14.3 Å². The molecule has 1 heterocycles. The molecule has 1 amide bonds. The largest absolute Gasteiger partial charge is 0.480 e. The van der Waals surface area contributed by atoms with E-state index >= 15 is 0 Å². The maximum Gasteiger partial charge on any atom is 0.410 e. The number of ketones is 1. The van der Waals surface area contributed by atoms with E-state index in [4.69, 9.17) is 0 Å². The summed E-state index contributed by atoms with van der Waals surface area (Å²) in [6, 6.07) is -0.871. The number of aliphatic carboxylic acids is 1. The molecule has 0 radical (unpaired) electrons. The number of hydrogen-bond donors (Lipinski definition) is 1. The first-order chi connectivity index (χ1) is 8.52. The average Bonchev–Trinajstić information content (AvgIpc) is 2.36. The number of Topliss-reactive ketones (excluding diaryl/α,β-unsaturated/α-hetero) is 1. The molecule has 2 rings (SSSR count). The number of piperidine rings is 1. The first kappa shape index (κ1) is 12.9. The zero-order valence-electron chi connectivity index (χ0n) is 10.3. The van der Waals surface area contributed by atoms with E-state index in [9.17, 15) is 19.5 Å². The van der Waals surface area contributed by atoms with E-state index in [-0.39, 0.29) is 17.6 Å². The Bertz CT molecular complexity index is 381. The zero-order valence-corrected chi connectivity index (χ0v) is 10.3. The van der Waals surface area contributed by atoms with Crippen molar-refractivity contribution in [2.24, 2.45) is 11.8 Å². The third kappa shape index (κ3) is 2.32. The number of ether oxygens (including phenoxy) is 1. The number of amides is 1. The molecule has 0 aromatic heterocycles. The summed E-state index contributed by atoms with van der Waals surface area (Å²) in [4.78, 5) is 35.5. The van der Waals surface area contributed by atoms with E-state index < -0.39 is 18.1 Å². The van der Waals surface area contributed by atoms with Gasteiger partial charge in [-0.1, -0.05) is 0 Å². The van der Waals surface area contributed by atoms with Crippen LogP contribution in [0.1, 0.15) is 25.7 Å². The van der Waals surface area contributed by atoms with Crippen molar-refractivity contribution in [3.8, 4) is 0 Å². The van der Waals surface area contributed by atoms with Crippen molar-refractivity contribution in [1.82, 2.24) is 4.90 Å². The van der Waals surface area contributed by atoms with Crippen molar-refractivity contribution < 1.29 is 24.2 Å². The van der Waals surface area contributed by atoms with Gasteiger partial charge >= 0.3 is 12.1 Å². The van der Waals surface area contributed by atoms with E-state index in [1.54, 1.807) is 0 Å². The molecule has 0 spiro atoms. The monoisotopic (exact) mass is 255 g/mol. The van der Waals surface area contributed by atoms with E-state index in [1.807, 2.05) is 0 Å². The molecule has 0 aromatic carbocycles. The van der Waals surface area contributed by atoms with E-state index in [1.165, 1.54) is 12.0 Å². The van der Waals surface area contributed by atoms with Crippen LogP contribution in [0.3, 0.4) is 0 Å². The van der Waals surface area contributed by atoms with Gasteiger partial charge in [0.25, 0.3) is 0 Å². The van der Waals surface area contributed by atoms with Gasteiger partial charge in [0, 0.05) is 19.4 Å². The Kier molecular flexibility index (Phi) is 3.54. The van der Waals surface area contributed by atoms with Gasteiger partial charge < -0.3 is 9.84 Å². The van der Waals surface area contributed by atoms with Gasteiger partial charge in [-0.05, 0) is 24.7 Å². The Balaban J connectivity index is 2.15. The minimum absolute atomic E-state index is 0.0910. The number of methoxy groups -OCH3 is 1. The molecule has 3 atom stereocenters. The van der Waals surface area contributed by atoms with Gasteiger partial charge in [0.05, 0.1) is 7.11 Å². The molecular weight excluding hydrogens is 238 g/mol. The number of carboxylic acid groups (broad SMARTS) is 1. The number of rotatable bonds is 1. The van der Waals surface area contributed by atoms with Crippen LogP contribution >= 0.6 is 0 Å². The first-order valence-corrected chi connectivity index (χ1v) is 6.12. The van der Waals surface area contributed by atoms with Crippen LogP contribution in [0.15, 0.2) is 0 Å². The van der Waals surface area contributed by atoms with Crippen LogP contribution in [-0.4, -0.2) is 47.5 Å². The quantitative estimate of drug-likeness (QED) is 0.752. The highest BCUT2D eigenvalue weighted by atomic mass is 16.5. The Hall–Kier alpha value is -1.59. The fourth-order valence-corrected chi connectivity index (χ4v) is 3.01. The summed E-state index contributed by atoms with van der Waals surface area (Å²) in [7, 11) is 1.25. The van der Waals surface area contributed by atoms with Crippen molar-refractivity contribution in [3.63, 3.8) is 0 Å². The lowest BCUT2D eigenvalue weighted by molar-refractivity contribution is -0.147. The van der Waals surface area contributed by atoms with Gasteiger partial charge in [-0.3, -0.25) is 9.69 Å². The minimum Gasteiger partial charge on any atom is -0.480 e. The summed E-state index contributed by atoms with van der Waals surface area (Å²) in [6.45, 7) is 0.377. The van der Waals surface area contributed by atoms with Crippen molar-refractivity contribution in [1.29, 1.82) is 0 Å². The van der Waals surface area contributed by atoms with Gasteiger partial charge in [-0.25, -0.2) is 9.59 Å². The molecule has 18 heavy (non-hydrogen) atoms. The third-order valence-electron chi connectivity index (χ3n) is 3.98. The number of carbonyl (C=O) groups is 3. The summed E-state index contributed by atoms with van der Waals surface area (Å²) >= 11 is 0. The summed E-state index contributed by atoms with van der Waals surface area (Å²) in [5, 5.41) is 9.17. The molecule has 1 saturated carbocycles.